The van der Waals surface area contributed by atoms with Crippen LogP contribution in [0.4, 0.5) is 0 Å². The fourth-order valence-corrected chi connectivity index (χ4v) is 6.81. The van der Waals surface area contributed by atoms with E-state index in [0.29, 0.717) is 0 Å². The van der Waals surface area contributed by atoms with Crippen LogP contribution in [-0.2, 0) is 20.4 Å². The summed E-state index contributed by atoms with van der Waals surface area (Å²) in [6, 6.07) is 32.4. The van der Waals surface area contributed by atoms with Crippen molar-refractivity contribution in [2.45, 2.75) is 0 Å². The summed E-state index contributed by atoms with van der Waals surface area (Å²) >= 11 is 0. The van der Waals surface area contributed by atoms with Crippen LogP contribution < -0.4 is 15.9 Å². The van der Waals surface area contributed by atoms with Gasteiger partial charge in [-0.1, -0.05) is 54.6 Å². The maximum absolute atomic E-state index is 3.17. The molecular formula is C18H17P2Pd+. The molecule has 108 valence electrons. The van der Waals surface area contributed by atoms with Gasteiger partial charge in [0.2, 0.25) is 0 Å². The van der Waals surface area contributed by atoms with Crippen molar-refractivity contribution < 1.29 is 20.4 Å². The molecule has 0 bridgehead atoms. The Balaban J connectivity index is 0.00000161. The van der Waals surface area contributed by atoms with E-state index in [1.807, 2.05) is 0 Å². The van der Waals surface area contributed by atoms with Crippen LogP contribution in [0.3, 0.4) is 0 Å². The summed E-state index contributed by atoms with van der Waals surface area (Å²) in [7, 11) is 3.17. The maximum atomic E-state index is 3.17. The standard InChI is InChI=1S/C18H17P2.Pd/c19-20(16-10-4-1-5-11-16,17-12-6-2-7-13-17)18-14-8-3-9-15-18;/h1-15H,19H2;/q+1;. The minimum absolute atomic E-state index is 0. The third-order valence-electron chi connectivity index (χ3n) is 3.49. The van der Waals surface area contributed by atoms with Gasteiger partial charge in [0, 0.05) is 29.4 Å². The van der Waals surface area contributed by atoms with Crippen LogP contribution in [0.25, 0.3) is 0 Å². The van der Waals surface area contributed by atoms with Gasteiger partial charge in [0.05, 0.1) is 0 Å². The maximum Gasteiger partial charge on any atom is 0.124 e. The normalized spacial score (nSPS) is 10.7. The average Bonchev–Trinajstić information content (AvgIpc) is 2.56. The Hall–Kier alpha value is -0.818. The van der Waals surface area contributed by atoms with Crippen molar-refractivity contribution in [3.8, 4) is 0 Å². The van der Waals surface area contributed by atoms with E-state index in [9.17, 15) is 0 Å². The van der Waals surface area contributed by atoms with Gasteiger partial charge in [0.15, 0.2) is 0 Å². The predicted molar refractivity (Wildman–Crippen MR) is 94.9 cm³/mol. The number of hydrogen-bond donors (Lipinski definition) is 0. The van der Waals surface area contributed by atoms with Gasteiger partial charge in [0.1, 0.15) is 22.9 Å². The van der Waals surface area contributed by atoms with Gasteiger partial charge >= 0.3 is 0 Å². The molecule has 0 saturated carbocycles. The van der Waals surface area contributed by atoms with Gasteiger partial charge in [-0.05, 0) is 36.4 Å². The zero-order valence-electron chi connectivity index (χ0n) is 11.5. The summed E-state index contributed by atoms with van der Waals surface area (Å²) in [5.74, 6) is 0. The SMILES string of the molecule is P[P+](c1ccccc1)(c1ccccc1)c1ccccc1.[Pd]. The average molecular weight is 402 g/mol. The molecular weight excluding hydrogens is 385 g/mol. The van der Waals surface area contributed by atoms with Crippen LogP contribution >= 0.6 is 15.9 Å². The largest absolute Gasteiger partial charge is 0.124 e. The number of benzene rings is 3. The summed E-state index contributed by atoms with van der Waals surface area (Å²) in [4.78, 5) is 0. The molecule has 1 atom stereocenters. The Morgan fingerprint density at radius 1 is 0.476 bits per heavy atom. The number of hydrogen-bond acceptors (Lipinski definition) is 0. The van der Waals surface area contributed by atoms with E-state index in [2.05, 4.69) is 99.9 Å². The molecule has 0 aliphatic carbocycles. The first-order valence-electron chi connectivity index (χ1n) is 6.66. The van der Waals surface area contributed by atoms with Crippen molar-refractivity contribution in [3.63, 3.8) is 0 Å². The van der Waals surface area contributed by atoms with Gasteiger partial charge in [-0.2, -0.15) is 0 Å². The first-order valence-corrected chi connectivity index (χ1v) is 10.1. The topological polar surface area (TPSA) is 0 Å². The minimum Gasteiger partial charge on any atom is -0.0620 e. The van der Waals surface area contributed by atoms with Crippen LogP contribution in [-0.4, -0.2) is 0 Å². The summed E-state index contributed by atoms with van der Waals surface area (Å²) in [6.45, 7) is -1.61. The van der Waals surface area contributed by atoms with Crippen LogP contribution in [0, 0.1) is 0 Å². The van der Waals surface area contributed by atoms with Crippen molar-refractivity contribution in [2.75, 3.05) is 0 Å². The monoisotopic (exact) mass is 401 g/mol. The molecule has 1 unspecified atom stereocenters. The molecule has 0 spiro atoms. The summed E-state index contributed by atoms with van der Waals surface area (Å²) in [5.41, 5.74) is 0. The zero-order chi connectivity index (χ0) is 13.8. The fourth-order valence-electron chi connectivity index (χ4n) is 2.44. The minimum atomic E-state index is -1.61. The molecule has 3 aromatic rings. The van der Waals surface area contributed by atoms with E-state index in [1.54, 1.807) is 0 Å². The van der Waals surface area contributed by atoms with Gasteiger partial charge in [-0.25, -0.2) is 0 Å². The van der Waals surface area contributed by atoms with Crippen LogP contribution in [0.1, 0.15) is 0 Å². The Morgan fingerprint density at radius 2 is 0.714 bits per heavy atom. The van der Waals surface area contributed by atoms with E-state index in [0.717, 1.165) is 0 Å². The Kier molecular flexibility index (Phi) is 5.87. The van der Waals surface area contributed by atoms with E-state index < -0.39 is 6.95 Å². The van der Waals surface area contributed by atoms with Crippen molar-refractivity contribution in [1.82, 2.24) is 0 Å². The molecule has 0 nitrogen and oxygen atoms in total. The van der Waals surface area contributed by atoms with Crippen molar-refractivity contribution in [3.05, 3.63) is 91.0 Å². The molecule has 0 saturated heterocycles. The van der Waals surface area contributed by atoms with E-state index in [1.165, 1.54) is 15.9 Å². The third kappa shape index (κ3) is 3.34. The Bertz CT molecular complexity index is 573. The molecule has 3 aromatic carbocycles. The number of rotatable bonds is 3. The second-order valence-corrected chi connectivity index (χ2v) is 10.0. The third-order valence-corrected chi connectivity index (χ3v) is 9.51. The summed E-state index contributed by atoms with van der Waals surface area (Å²) < 4.78 is 0. The molecule has 0 aliphatic rings. The summed E-state index contributed by atoms with van der Waals surface area (Å²) in [6.07, 6.45) is 0. The summed E-state index contributed by atoms with van der Waals surface area (Å²) in [5, 5.41) is 4.17. The van der Waals surface area contributed by atoms with Gasteiger partial charge < -0.3 is 0 Å². The smallest absolute Gasteiger partial charge is 0.0620 e. The zero-order valence-corrected chi connectivity index (χ0v) is 15.1. The molecule has 3 heteroatoms. The predicted octanol–water partition coefficient (Wildman–Crippen LogP) is 3.77. The Morgan fingerprint density at radius 3 is 0.952 bits per heavy atom. The van der Waals surface area contributed by atoms with Gasteiger partial charge in [-0.3, -0.25) is 0 Å². The molecule has 0 amide bonds. The van der Waals surface area contributed by atoms with Crippen molar-refractivity contribution in [1.29, 1.82) is 0 Å². The van der Waals surface area contributed by atoms with Crippen LogP contribution in [0.2, 0.25) is 0 Å². The van der Waals surface area contributed by atoms with E-state index in [-0.39, 0.29) is 20.4 Å². The molecule has 0 fully saturated rings. The molecule has 0 radical (unpaired) electrons. The van der Waals surface area contributed by atoms with Crippen LogP contribution in [0.5, 0.6) is 0 Å². The molecule has 0 aromatic heterocycles. The quantitative estimate of drug-likeness (QED) is 0.463. The van der Waals surface area contributed by atoms with Gasteiger partial charge in [0.25, 0.3) is 0 Å². The second-order valence-electron chi connectivity index (χ2n) is 4.73. The van der Waals surface area contributed by atoms with Crippen molar-refractivity contribution in [2.24, 2.45) is 0 Å². The molecule has 3 rings (SSSR count). The Labute approximate surface area is 143 Å². The van der Waals surface area contributed by atoms with E-state index in [4.69, 9.17) is 0 Å². The van der Waals surface area contributed by atoms with Gasteiger partial charge in [-0.15, -0.1) is 0 Å². The second kappa shape index (κ2) is 7.45. The molecule has 0 heterocycles. The molecule has 21 heavy (non-hydrogen) atoms. The van der Waals surface area contributed by atoms with Crippen LogP contribution in [0.15, 0.2) is 91.0 Å². The molecule has 0 N–H and O–H groups in total. The van der Waals surface area contributed by atoms with Crippen molar-refractivity contribution >= 4 is 31.8 Å². The molecule has 0 aliphatic heterocycles. The first-order chi connectivity index (χ1) is 9.82. The fraction of sp³-hybridized carbons (Fsp3) is 0. The van der Waals surface area contributed by atoms with E-state index >= 15 is 0 Å². The first kappa shape index (κ1) is 16.6.